The van der Waals surface area contributed by atoms with E-state index in [1.54, 1.807) is 26.2 Å². The van der Waals surface area contributed by atoms with Crippen LogP contribution >= 0.6 is 50.2 Å². The number of carbonyl (C=O) groups is 4. The van der Waals surface area contributed by atoms with Crippen LogP contribution in [0.5, 0.6) is 0 Å². The fourth-order valence-corrected chi connectivity index (χ4v) is 8.40. The minimum Gasteiger partial charge on any atom is -0.481 e. The summed E-state index contributed by atoms with van der Waals surface area (Å²) in [5.74, 6) is -7.04. The Labute approximate surface area is 441 Å². The van der Waals surface area contributed by atoms with Crippen LogP contribution in [0.1, 0.15) is 93.6 Å². The molecule has 4 aromatic rings. The Morgan fingerprint density at radius 3 is 1.34 bits per heavy atom. The van der Waals surface area contributed by atoms with Gasteiger partial charge in [-0.3, -0.25) is 29.1 Å². The number of amides is 3. The molecule has 2 heterocycles. The number of pyridine rings is 2. The molecule has 25 heteroatoms. The summed E-state index contributed by atoms with van der Waals surface area (Å²) in [5.41, 5.74) is 13.2. The third-order valence-corrected chi connectivity index (χ3v) is 13.3. The molecule has 2 saturated carbocycles. The molecular weight excluding hydrogens is 1060 g/mol. The summed E-state index contributed by atoms with van der Waals surface area (Å²) in [6.07, 6.45) is -6.62. The molecule has 13 nitrogen and oxygen atoms in total. The highest BCUT2D eigenvalue weighted by molar-refractivity contribution is 7.59. The van der Waals surface area contributed by atoms with Crippen LogP contribution in [0.4, 0.5) is 35.1 Å². The van der Waals surface area contributed by atoms with Gasteiger partial charge in [0.15, 0.2) is 0 Å². The van der Waals surface area contributed by atoms with E-state index in [0.717, 1.165) is 5.56 Å². The van der Waals surface area contributed by atoms with Crippen LogP contribution in [0, 0.1) is 22.5 Å². The van der Waals surface area contributed by atoms with Gasteiger partial charge in [0, 0.05) is 67.2 Å². The van der Waals surface area contributed by atoms with Crippen molar-refractivity contribution in [1.29, 1.82) is 0 Å². The van der Waals surface area contributed by atoms with Crippen molar-refractivity contribution in [2.75, 3.05) is 41.3 Å². The number of hydrogen-bond acceptors (Lipinski definition) is 9. The van der Waals surface area contributed by atoms with Crippen LogP contribution in [0.2, 0.25) is 10.0 Å². The monoisotopic (exact) mass is 1110 g/mol. The van der Waals surface area contributed by atoms with Gasteiger partial charge in [-0.05, 0) is 126 Å². The number of nitrogens with one attached hydrogen (secondary N) is 1. The molecule has 4 atom stereocenters. The number of carbonyl (C=O) groups excluding carboxylic acids is 3. The van der Waals surface area contributed by atoms with Gasteiger partial charge < -0.3 is 37.4 Å². The Morgan fingerprint density at radius 2 is 1.05 bits per heavy atom. The second kappa shape index (κ2) is 27.1. The number of rotatable bonds is 19. The van der Waals surface area contributed by atoms with Crippen LogP contribution in [0.15, 0.2) is 73.1 Å². The SMILES string of the molecule is CN(C)[C@H](CN)Cc1ccc(C(N)=O)c(F)c1.CN(C)[C@H](CNC(=O)CC(c1ccc(Cl)cn1)C1(C(F)(F)F)CC1)Cc1ccc(C(N)=O)c(F)c1.O=C(O)CC(c1ccc(Cl)cn1)C1(C(F)(F)F)CC1.S.S. The zero-order valence-electron chi connectivity index (χ0n) is 40.2. The maximum Gasteiger partial charge on any atom is 0.395 e. The van der Waals surface area contributed by atoms with Crippen molar-refractivity contribution in [3.05, 3.63) is 128 Å². The third kappa shape index (κ3) is 17.4. The summed E-state index contributed by atoms with van der Waals surface area (Å²) >= 11 is 11.5. The maximum absolute atomic E-state index is 14.1. The molecule has 73 heavy (non-hydrogen) atoms. The predicted molar refractivity (Wildman–Crippen MR) is 271 cm³/mol. The molecule has 8 N–H and O–H groups in total. The molecular formula is C48H60Cl2F8N8O5S2. The van der Waals surface area contributed by atoms with Gasteiger partial charge >= 0.3 is 18.3 Å². The van der Waals surface area contributed by atoms with Gasteiger partial charge in [-0.15, -0.1) is 0 Å². The minimum atomic E-state index is -4.47. The highest BCUT2D eigenvalue weighted by Gasteiger charge is 2.68. The third-order valence-electron chi connectivity index (χ3n) is 12.8. The first-order valence-electron chi connectivity index (χ1n) is 22.1. The quantitative estimate of drug-likeness (QED) is 0.0567. The maximum atomic E-state index is 14.1. The molecule has 3 amide bonds. The molecule has 2 unspecified atom stereocenters. The lowest BCUT2D eigenvalue weighted by Gasteiger charge is -2.29. The zero-order chi connectivity index (χ0) is 53.2. The van der Waals surface area contributed by atoms with Crippen LogP contribution < -0.4 is 22.5 Å². The standard InChI is InChI=1S/C24H27ClF4N4O2.C12H11ClF3NO2.C12H18FN3O.2H2S/c1-33(2)16(9-14-3-5-17(22(30)35)19(26)10-14)13-32-21(34)11-18(20-6-4-15(25)12-31-20)23(7-8-23)24(27,28)29;13-7-1-2-9(17-6-7)8(5-10(18)19)11(3-4-11)12(14,15)16;1-16(2)9(7-14)5-8-3-4-10(12(15)17)11(13)6-8;;/h3-6,10,12,16,18H,7-9,11,13H2,1-2H3,(H2,30,35)(H,32,34);1-2,6,8H,3-5H2,(H,18,19);3-4,6,9H,5,7,14H2,1-2H3,(H2,15,17);2*1H2/t16-,18?;;9-;;/m0.0../s1. The largest absolute Gasteiger partial charge is 0.481 e. The molecule has 6 rings (SSSR count). The van der Waals surface area contributed by atoms with Crippen molar-refractivity contribution in [3.8, 4) is 0 Å². The number of hydrogen-bond donors (Lipinski definition) is 5. The minimum absolute atomic E-state index is 0. The van der Waals surface area contributed by atoms with Gasteiger partial charge in [0.25, 0.3) is 11.8 Å². The molecule has 2 aromatic heterocycles. The normalized spacial score (nSPS) is 15.8. The van der Waals surface area contributed by atoms with E-state index in [1.165, 1.54) is 60.9 Å². The molecule has 2 aliphatic carbocycles. The van der Waals surface area contributed by atoms with E-state index in [0.29, 0.717) is 35.0 Å². The summed E-state index contributed by atoms with van der Waals surface area (Å²) in [6.45, 7) is 0.622. The molecule has 0 saturated heterocycles. The summed E-state index contributed by atoms with van der Waals surface area (Å²) in [6, 6.07) is 14.1. The van der Waals surface area contributed by atoms with E-state index in [-0.39, 0.29) is 100 Å². The number of primary amides is 2. The number of aliphatic carboxylic acids is 1. The fraction of sp³-hybridized carbons (Fsp3) is 0.458. The fourth-order valence-electron chi connectivity index (χ4n) is 8.17. The number of carboxylic acid groups (broad SMARTS) is 1. The van der Waals surface area contributed by atoms with E-state index < -0.39 is 76.8 Å². The van der Waals surface area contributed by atoms with Crippen LogP contribution in [-0.2, 0) is 22.4 Å². The number of benzene rings is 2. The lowest BCUT2D eigenvalue weighted by Crippen LogP contribution is -2.43. The number of nitrogens with two attached hydrogens (primary N) is 3. The van der Waals surface area contributed by atoms with Crippen molar-refractivity contribution in [1.82, 2.24) is 25.1 Å². The molecule has 0 bridgehead atoms. The van der Waals surface area contributed by atoms with Gasteiger partial charge in [0.05, 0.1) is 38.4 Å². The highest BCUT2D eigenvalue weighted by atomic mass is 35.5. The van der Waals surface area contributed by atoms with Gasteiger partial charge in [0.1, 0.15) is 11.6 Å². The van der Waals surface area contributed by atoms with Crippen molar-refractivity contribution in [2.45, 2.75) is 87.6 Å². The second-order valence-electron chi connectivity index (χ2n) is 18.1. The average molecular weight is 1120 g/mol. The predicted octanol–water partition coefficient (Wildman–Crippen LogP) is 8.30. The molecule has 2 aromatic carbocycles. The van der Waals surface area contributed by atoms with Crippen LogP contribution in [-0.4, -0.2) is 114 Å². The Hall–Kier alpha value is -4.78. The first-order valence-corrected chi connectivity index (χ1v) is 22.9. The summed E-state index contributed by atoms with van der Waals surface area (Å²) in [5, 5.41) is 12.2. The van der Waals surface area contributed by atoms with Gasteiger partial charge in [-0.25, -0.2) is 8.78 Å². The second-order valence-corrected chi connectivity index (χ2v) is 18.9. The Balaban J connectivity index is 0.000000406. The molecule has 0 aliphatic heterocycles. The topological polar surface area (TPSA) is 211 Å². The Bertz CT molecular complexity index is 2490. The molecule has 2 fully saturated rings. The van der Waals surface area contributed by atoms with Crippen LogP contribution in [0.25, 0.3) is 0 Å². The Kier molecular flexibility index (Phi) is 23.9. The summed E-state index contributed by atoms with van der Waals surface area (Å²) in [4.78, 5) is 57.4. The van der Waals surface area contributed by atoms with Crippen LogP contribution in [0.3, 0.4) is 0 Å². The number of aromatic nitrogens is 2. The number of nitrogens with zero attached hydrogens (tertiary/aromatic N) is 4. The molecule has 0 radical (unpaired) electrons. The number of likely N-dealkylation sites (N-methyl/N-ethyl adjacent to an activating group) is 2. The molecule has 2 aliphatic rings. The number of carboxylic acids is 1. The van der Waals surface area contributed by atoms with E-state index >= 15 is 0 Å². The lowest BCUT2D eigenvalue weighted by molar-refractivity contribution is -0.196. The van der Waals surface area contributed by atoms with Crippen molar-refractivity contribution in [3.63, 3.8) is 0 Å². The van der Waals surface area contributed by atoms with Gasteiger partial charge in [-0.2, -0.15) is 53.3 Å². The Morgan fingerprint density at radius 1 is 0.671 bits per heavy atom. The molecule has 404 valence electrons. The average Bonchev–Trinajstić information content (AvgIpc) is 4.21. The summed E-state index contributed by atoms with van der Waals surface area (Å²) in [7, 11) is 7.39. The molecule has 0 spiro atoms. The number of halogens is 10. The first kappa shape index (κ1) is 64.3. The highest BCUT2D eigenvalue weighted by Crippen LogP contribution is 2.67. The summed E-state index contributed by atoms with van der Waals surface area (Å²) < 4.78 is 109. The lowest BCUT2D eigenvalue weighted by atomic mass is 9.82. The van der Waals surface area contributed by atoms with E-state index in [1.807, 2.05) is 23.9 Å². The van der Waals surface area contributed by atoms with Crippen molar-refractivity contribution >= 4 is 73.9 Å². The van der Waals surface area contributed by atoms with Gasteiger partial charge in [-0.1, -0.05) is 35.3 Å². The smallest absolute Gasteiger partial charge is 0.395 e. The van der Waals surface area contributed by atoms with Crippen molar-refractivity contribution < 1.29 is 59.4 Å². The number of alkyl halides is 6. The van der Waals surface area contributed by atoms with E-state index in [2.05, 4.69) is 15.3 Å². The van der Waals surface area contributed by atoms with E-state index in [9.17, 15) is 54.3 Å². The van der Waals surface area contributed by atoms with E-state index in [4.69, 9.17) is 45.5 Å². The zero-order valence-corrected chi connectivity index (χ0v) is 43.7. The van der Waals surface area contributed by atoms with Gasteiger partial charge in [0.2, 0.25) is 5.91 Å². The van der Waals surface area contributed by atoms with Crippen molar-refractivity contribution in [2.24, 2.45) is 28.0 Å². The first-order chi connectivity index (χ1) is 33.0.